The molecular formula is C17H19NO. The van der Waals surface area contributed by atoms with E-state index in [9.17, 15) is 0 Å². The monoisotopic (exact) mass is 253 g/mol. The fourth-order valence-electron chi connectivity index (χ4n) is 2.83. The Morgan fingerprint density at radius 1 is 1.11 bits per heavy atom. The molecule has 2 aromatic carbocycles. The fourth-order valence-corrected chi connectivity index (χ4v) is 2.83. The zero-order chi connectivity index (χ0) is 13.4. The molecule has 1 heterocycles. The first-order valence-electron chi connectivity index (χ1n) is 6.69. The number of benzene rings is 2. The number of ether oxygens (including phenoxy) is 1. The summed E-state index contributed by atoms with van der Waals surface area (Å²) in [6.07, 6.45) is 1.02. The Balaban J connectivity index is 1.98. The van der Waals surface area contributed by atoms with Gasteiger partial charge in [0, 0.05) is 11.3 Å². The van der Waals surface area contributed by atoms with Crippen molar-refractivity contribution < 1.29 is 4.74 Å². The Morgan fingerprint density at radius 2 is 1.89 bits per heavy atom. The average Bonchev–Trinajstić information content (AvgIpc) is 2.87. The number of fused-ring (bicyclic) bond motifs is 1. The minimum absolute atomic E-state index is 0.312. The van der Waals surface area contributed by atoms with Gasteiger partial charge < -0.3 is 10.1 Å². The Morgan fingerprint density at radius 3 is 2.68 bits per heavy atom. The summed E-state index contributed by atoms with van der Waals surface area (Å²) in [5.74, 6) is 0.960. The maximum Gasteiger partial charge on any atom is 0.124 e. The van der Waals surface area contributed by atoms with E-state index >= 15 is 0 Å². The number of hydrogen-bond acceptors (Lipinski definition) is 2. The molecule has 2 nitrogen and oxygen atoms in total. The average molecular weight is 253 g/mol. The van der Waals surface area contributed by atoms with E-state index in [1.807, 2.05) is 12.1 Å². The number of anilines is 1. The molecule has 98 valence electrons. The Kier molecular flexibility index (Phi) is 2.94. The van der Waals surface area contributed by atoms with Crippen LogP contribution in [0.5, 0.6) is 5.75 Å². The molecule has 1 unspecified atom stereocenters. The number of aryl methyl sites for hydroxylation is 1. The SMILES string of the molecule is COc1ccccc1C1Cc2ccc(C)c(C)c2N1. The summed E-state index contributed by atoms with van der Waals surface area (Å²) in [4.78, 5) is 0. The van der Waals surface area contributed by atoms with E-state index in [-0.39, 0.29) is 0 Å². The third kappa shape index (κ3) is 1.97. The molecule has 2 heteroatoms. The third-order valence-corrected chi connectivity index (χ3v) is 4.08. The van der Waals surface area contributed by atoms with Crippen LogP contribution < -0.4 is 10.1 Å². The highest BCUT2D eigenvalue weighted by atomic mass is 16.5. The van der Waals surface area contributed by atoms with Crippen LogP contribution in [0.2, 0.25) is 0 Å². The Hall–Kier alpha value is -1.96. The number of hydrogen-bond donors (Lipinski definition) is 1. The van der Waals surface area contributed by atoms with Gasteiger partial charge in [-0.25, -0.2) is 0 Å². The van der Waals surface area contributed by atoms with Gasteiger partial charge in [-0.05, 0) is 43.0 Å². The van der Waals surface area contributed by atoms with Crippen LogP contribution in [0.15, 0.2) is 36.4 Å². The molecule has 0 fully saturated rings. The maximum absolute atomic E-state index is 5.47. The molecule has 0 radical (unpaired) electrons. The van der Waals surface area contributed by atoms with Crippen LogP contribution in [0.1, 0.15) is 28.3 Å². The van der Waals surface area contributed by atoms with Crippen molar-refractivity contribution in [1.82, 2.24) is 0 Å². The topological polar surface area (TPSA) is 21.3 Å². The summed E-state index contributed by atoms with van der Waals surface area (Å²) in [6.45, 7) is 4.35. The van der Waals surface area contributed by atoms with Crippen LogP contribution in [0.25, 0.3) is 0 Å². The summed E-state index contributed by atoms with van der Waals surface area (Å²) < 4.78 is 5.47. The predicted molar refractivity (Wildman–Crippen MR) is 79.0 cm³/mol. The van der Waals surface area contributed by atoms with E-state index in [1.54, 1.807) is 7.11 Å². The molecule has 0 aromatic heterocycles. The second-order valence-electron chi connectivity index (χ2n) is 5.18. The summed E-state index contributed by atoms with van der Waals surface area (Å²) in [7, 11) is 1.73. The second kappa shape index (κ2) is 4.61. The number of para-hydroxylation sites is 1. The maximum atomic E-state index is 5.47. The number of rotatable bonds is 2. The molecule has 0 aliphatic carbocycles. The lowest BCUT2D eigenvalue weighted by Crippen LogP contribution is -2.07. The predicted octanol–water partition coefficient (Wildman–Crippen LogP) is 4.02. The molecule has 3 rings (SSSR count). The van der Waals surface area contributed by atoms with E-state index in [2.05, 4.69) is 43.4 Å². The fraction of sp³-hybridized carbons (Fsp3) is 0.294. The molecule has 0 spiro atoms. The van der Waals surface area contributed by atoms with Crippen LogP contribution in [0, 0.1) is 13.8 Å². The van der Waals surface area contributed by atoms with Gasteiger partial charge in [-0.1, -0.05) is 30.3 Å². The van der Waals surface area contributed by atoms with Gasteiger partial charge in [-0.3, -0.25) is 0 Å². The summed E-state index contributed by atoms with van der Waals surface area (Å²) in [6, 6.07) is 13.0. The number of nitrogens with one attached hydrogen (secondary N) is 1. The van der Waals surface area contributed by atoms with Gasteiger partial charge in [0.25, 0.3) is 0 Å². The highest BCUT2D eigenvalue weighted by Crippen LogP contribution is 2.39. The third-order valence-electron chi connectivity index (χ3n) is 4.08. The zero-order valence-corrected chi connectivity index (χ0v) is 11.7. The molecule has 1 aliphatic rings. The lowest BCUT2D eigenvalue weighted by atomic mass is 10.00. The lowest BCUT2D eigenvalue weighted by Gasteiger charge is -2.16. The largest absolute Gasteiger partial charge is 0.496 e. The van der Waals surface area contributed by atoms with Crippen molar-refractivity contribution in [1.29, 1.82) is 0 Å². The van der Waals surface area contributed by atoms with E-state index in [0.29, 0.717) is 6.04 Å². The van der Waals surface area contributed by atoms with Gasteiger partial charge >= 0.3 is 0 Å². The lowest BCUT2D eigenvalue weighted by molar-refractivity contribution is 0.407. The number of methoxy groups -OCH3 is 1. The quantitative estimate of drug-likeness (QED) is 0.872. The van der Waals surface area contributed by atoms with E-state index < -0.39 is 0 Å². The van der Waals surface area contributed by atoms with Crippen molar-refractivity contribution in [2.45, 2.75) is 26.3 Å². The standard InChI is InChI=1S/C17H19NO/c1-11-8-9-13-10-15(18-17(13)12(11)2)14-6-4-5-7-16(14)19-3/h4-9,15,18H,10H2,1-3H3. The molecule has 19 heavy (non-hydrogen) atoms. The van der Waals surface area contributed by atoms with Gasteiger partial charge in [0.05, 0.1) is 13.2 Å². The molecule has 0 bridgehead atoms. The van der Waals surface area contributed by atoms with Gasteiger partial charge in [0.15, 0.2) is 0 Å². The highest BCUT2D eigenvalue weighted by molar-refractivity contribution is 5.65. The van der Waals surface area contributed by atoms with Gasteiger partial charge in [-0.2, -0.15) is 0 Å². The minimum atomic E-state index is 0.312. The first-order valence-corrected chi connectivity index (χ1v) is 6.69. The molecule has 1 N–H and O–H groups in total. The van der Waals surface area contributed by atoms with Crippen molar-refractivity contribution in [2.75, 3.05) is 12.4 Å². The second-order valence-corrected chi connectivity index (χ2v) is 5.18. The molecule has 1 aliphatic heterocycles. The Bertz CT molecular complexity index is 619. The van der Waals surface area contributed by atoms with Crippen LogP contribution in [0.3, 0.4) is 0 Å². The van der Waals surface area contributed by atoms with Crippen molar-refractivity contribution in [3.8, 4) is 5.75 Å². The van der Waals surface area contributed by atoms with Crippen LogP contribution in [0.4, 0.5) is 5.69 Å². The molecule has 0 saturated carbocycles. The summed E-state index contributed by atoms with van der Waals surface area (Å²) >= 11 is 0. The molecule has 2 aromatic rings. The zero-order valence-electron chi connectivity index (χ0n) is 11.7. The van der Waals surface area contributed by atoms with Crippen molar-refractivity contribution >= 4 is 5.69 Å². The van der Waals surface area contributed by atoms with E-state index in [0.717, 1.165) is 12.2 Å². The molecule has 0 saturated heterocycles. The van der Waals surface area contributed by atoms with Crippen LogP contribution in [-0.4, -0.2) is 7.11 Å². The smallest absolute Gasteiger partial charge is 0.124 e. The normalized spacial score (nSPS) is 16.9. The van der Waals surface area contributed by atoms with Crippen molar-refractivity contribution in [3.63, 3.8) is 0 Å². The van der Waals surface area contributed by atoms with Crippen LogP contribution >= 0.6 is 0 Å². The first-order chi connectivity index (χ1) is 9.20. The molecular weight excluding hydrogens is 234 g/mol. The van der Waals surface area contributed by atoms with Crippen molar-refractivity contribution in [2.24, 2.45) is 0 Å². The van der Waals surface area contributed by atoms with Gasteiger partial charge in [0.2, 0.25) is 0 Å². The highest BCUT2D eigenvalue weighted by Gasteiger charge is 2.25. The first kappa shape index (κ1) is 12.1. The summed E-state index contributed by atoms with van der Waals surface area (Å²) in [5.41, 5.74) is 6.63. The molecule has 1 atom stereocenters. The van der Waals surface area contributed by atoms with Crippen LogP contribution in [-0.2, 0) is 6.42 Å². The van der Waals surface area contributed by atoms with Gasteiger partial charge in [-0.15, -0.1) is 0 Å². The summed E-state index contributed by atoms with van der Waals surface area (Å²) in [5, 5.41) is 3.65. The van der Waals surface area contributed by atoms with E-state index in [1.165, 1.54) is 27.9 Å². The molecule has 0 amide bonds. The van der Waals surface area contributed by atoms with E-state index in [4.69, 9.17) is 4.74 Å². The Labute approximate surface area is 114 Å². The van der Waals surface area contributed by atoms with Gasteiger partial charge in [0.1, 0.15) is 5.75 Å². The van der Waals surface area contributed by atoms with Crippen molar-refractivity contribution in [3.05, 3.63) is 58.7 Å². The minimum Gasteiger partial charge on any atom is -0.496 e.